The van der Waals surface area contributed by atoms with E-state index in [1.165, 1.54) is 0 Å². The summed E-state index contributed by atoms with van der Waals surface area (Å²) in [6, 6.07) is 7.96. The van der Waals surface area contributed by atoms with Crippen LogP contribution in [0.5, 0.6) is 0 Å². The number of alkyl halides is 1. The van der Waals surface area contributed by atoms with Crippen LogP contribution in [-0.2, 0) is 0 Å². The molecule has 1 saturated heterocycles. The molecule has 1 atom stereocenters. The van der Waals surface area contributed by atoms with Crippen molar-refractivity contribution in [1.29, 1.82) is 0 Å². The first-order valence-electron chi connectivity index (χ1n) is 5.52. The highest BCUT2D eigenvalue weighted by molar-refractivity contribution is 9.10. The molecule has 0 amide bonds. The van der Waals surface area contributed by atoms with Crippen molar-refractivity contribution in [3.8, 4) is 0 Å². The van der Waals surface area contributed by atoms with Crippen molar-refractivity contribution in [1.82, 2.24) is 0 Å². The van der Waals surface area contributed by atoms with Crippen LogP contribution in [-0.4, -0.2) is 25.3 Å². The third-order valence-corrected chi connectivity index (χ3v) is 3.56. The molecule has 16 heavy (non-hydrogen) atoms. The fourth-order valence-corrected chi connectivity index (χ4v) is 2.53. The van der Waals surface area contributed by atoms with Gasteiger partial charge in [0.2, 0.25) is 0 Å². The average molecular weight is 287 g/mol. The molecule has 1 fully saturated rings. The van der Waals surface area contributed by atoms with Gasteiger partial charge in [-0.2, -0.15) is 0 Å². The molecular weight excluding hydrogens is 271 g/mol. The summed E-state index contributed by atoms with van der Waals surface area (Å²) in [5.74, 6) is 0. The number of rotatable bonds is 2. The molecule has 2 nitrogen and oxygen atoms in total. The second kappa shape index (κ2) is 4.72. The van der Waals surface area contributed by atoms with Gasteiger partial charge in [-0.15, -0.1) is 0 Å². The van der Waals surface area contributed by atoms with Gasteiger partial charge in [0.1, 0.15) is 5.67 Å². The molecule has 4 heteroatoms. The molecule has 2 rings (SSSR count). The van der Waals surface area contributed by atoms with Gasteiger partial charge in [-0.1, -0.05) is 22.0 Å². The van der Waals surface area contributed by atoms with E-state index in [0.29, 0.717) is 13.0 Å². The molecule has 0 radical (unpaired) electrons. The van der Waals surface area contributed by atoms with Gasteiger partial charge in [0.15, 0.2) is 0 Å². The Balaban J connectivity index is 2.16. The van der Waals surface area contributed by atoms with Crippen molar-refractivity contribution in [2.75, 3.05) is 24.5 Å². The van der Waals surface area contributed by atoms with Crippen LogP contribution >= 0.6 is 15.9 Å². The summed E-state index contributed by atoms with van der Waals surface area (Å²) in [6.45, 7) is 1.42. The molecule has 0 spiro atoms. The highest BCUT2D eigenvalue weighted by Gasteiger charge is 2.34. The number of benzene rings is 1. The zero-order chi connectivity index (χ0) is 11.6. The second-order valence-electron chi connectivity index (χ2n) is 4.36. The van der Waals surface area contributed by atoms with Crippen molar-refractivity contribution in [2.24, 2.45) is 5.73 Å². The van der Waals surface area contributed by atoms with Crippen LogP contribution in [0.1, 0.15) is 12.8 Å². The van der Waals surface area contributed by atoms with E-state index in [4.69, 9.17) is 5.73 Å². The number of hydrogen-bond donors (Lipinski definition) is 1. The molecule has 0 aliphatic carbocycles. The van der Waals surface area contributed by atoms with Gasteiger partial charge in [-0.25, -0.2) is 4.39 Å². The first-order valence-corrected chi connectivity index (χ1v) is 6.32. The van der Waals surface area contributed by atoms with Crippen LogP contribution in [0.3, 0.4) is 0 Å². The van der Waals surface area contributed by atoms with Gasteiger partial charge < -0.3 is 10.6 Å². The van der Waals surface area contributed by atoms with E-state index in [1.54, 1.807) is 0 Å². The predicted octanol–water partition coefficient (Wildman–Crippen LogP) is 2.72. The molecule has 1 heterocycles. The number of anilines is 1. The van der Waals surface area contributed by atoms with Gasteiger partial charge >= 0.3 is 0 Å². The molecular formula is C12H16BrFN2. The Hall–Kier alpha value is -0.610. The molecule has 0 bridgehead atoms. The smallest absolute Gasteiger partial charge is 0.140 e. The van der Waals surface area contributed by atoms with Crippen molar-refractivity contribution >= 4 is 21.6 Å². The SMILES string of the molecule is NCC1(F)CCCN(c2cccc(Br)c2)C1. The minimum Gasteiger partial charge on any atom is -0.368 e. The van der Waals surface area contributed by atoms with E-state index in [2.05, 4.69) is 20.8 Å². The van der Waals surface area contributed by atoms with Crippen LogP contribution in [0.2, 0.25) is 0 Å². The fourth-order valence-electron chi connectivity index (χ4n) is 2.15. The second-order valence-corrected chi connectivity index (χ2v) is 5.28. The topological polar surface area (TPSA) is 29.3 Å². The van der Waals surface area contributed by atoms with E-state index in [1.807, 2.05) is 24.3 Å². The largest absolute Gasteiger partial charge is 0.368 e. The van der Waals surface area contributed by atoms with E-state index >= 15 is 0 Å². The van der Waals surface area contributed by atoms with Gasteiger partial charge in [0.05, 0.1) is 6.54 Å². The molecule has 1 unspecified atom stereocenters. The minimum absolute atomic E-state index is 0.109. The van der Waals surface area contributed by atoms with Crippen LogP contribution in [0.4, 0.5) is 10.1 Å². The molecule has 0 aromatic heterocycles. The Morgan fingerprint density at radius 3 is 3.00 bits per heavy atom. The lowest BCUT2D eigenvalue weighted by Gasteiger charge is -2.38. The van der Waals surface area contributed by atoms with Gasteiger partial charge in [0.25, 0.3) is 0 Å². The molecule has 1 aromatic rings. The van der Waals surface area contributed by atoms with E-state index in [9.17, 15) is 4.39 Å². The fraction of sp³-hybridized carbons (Fsp3) is 0.500. The number of hydrogen-bond acceptors (Lipinski definition) is 2. The first-order chi connectivity index (χ1) is 7.63. The summed E-state index contributed by atoms with van der Waals surface area (Å²) >= 11 is 3.43. The Kier molecular flexibility index (Phi) is 3.50. The number of nitrogens with two attached hydrogens (primary N) is 1. The normalized spacial score (nSPS) is 25.8. The van der Waals surface area contributed by atoms with Crippen LogP contribution in [0.15, 0.2) is 28.7 Å². The lowest BCUT2D eigenvalue weighted by Crippen LogP contribution is -2.49. The van der Waals surface area contributed by atoms with E-state index < -0.39 is 5.67 Å². The lowest BCUT2D eigenvalue weighted by atomic mass is 9.94. The Morgan fingerprint density at radius 1 is 1.50 bits per heavy atom. The standard InChI is InChI=1S/C12H16BrFN2/c13-10-3-1-4-11(7-10)16-6-2-5-12(14,8-15)9-16/h1,3-4,7H,2,5-6,8-9,15H2. The Labute approximate surface area is 104 Å². The maximum atomic E-state index is 14.2. The van der Waals surface area contributed by atoms with Crippen molar-refractivity contribution in [2.45, 2.75) is 18.5 Å². The summed E-state index contributed by atoms with van der Waals surface area (Å²) in [4.78, 5) is 2.07. The molecule has 1 aliphatic rings. The van der Waals surface area contributed by atoms with E-state index in [-0.39, 0.29) is 6.54 Å². The molecule has 0 saturated carbocycles. The minimum atomic E-state index is -1.22. The number of piperidine rings is 1. The van der Waals surface area contributed by atoms with E-state index in [0.717, 1.165) is 23.1 Å². The molecule has 88 valence electrons. The maximum absolute atomic E-state index is 14.2. The summed E-state index contributed by atoms with van der Waals surface area (Å²) in [5, 5.41) is 0. The summed E-state index contributed by atoms with van der Waals surface area (Å²) in [7, 11) is 0. The van der Waals surface area contributed by atoms with Crippen molar-refractivity contribution in [3.05, 3.63) is 28.7 Å². The summed E-state index contributed by atoms with van der Waals surface area (Å²) < 4.78 is 15.2. The Morgan fingerprint density at radius 2 is 2.31 bits per heavy atom. The summed E-state index contributed by atoms with van der Waals surface area (Å²) in [5.41, 5.74) is 5.33. The van der Waals surface area contributed by atoms with Crippen LogP contribution < -0.4 is 10.6 Å². The van der Waals surface area contributed by atoms with Gasteiger partial charge in [-0.05, 0) is 31.0 Å². The number of nitrogens with zero attached hydrogens (tertiary/aromatic N) is 1. The third-order valence-electron chi connectivity index (χ3n) is 3.07. The zero-order valence-electron chi connectivity index (χ0n) is 9.13. The molecule has 2 N–H and O–H groups in total. The zero-order valence-corrected chi connectivity index (χ0v) is 10.7. The van der Waals surface area contributed by atoms with Crippen LogP contribution in [0.25, 0.3) is 0 Å². The molecule has 1 aliphatic heterocycles. The average Bonchev–Trinajstić information content (AvgIpc) is 2.29. The van der Waals surface area contributed by atoms with Crippen molar-refractivity contribution in [3.63, 3.8) is 0 Å². The molecule has 1 aromatic carbocycles. The van der Waals surface area contributed by atoms with Crippen molar-refractivity contribution < 1.29 is 4.39 Å². The number of halogens is 2. The van der Waals surface area contributed by atoms with Gasteiger partial charge in [-0.3, -0.25) is 0 Å². The highest BCUT2D eigenvalue weighted by atomic mass is 79.9. The maximum Gasteiger partial charge on any atom is 0.140 e. The van der Waals surface area contributed by atoms with Gasteiger partial charge in [0, 0.05) is 23.2 Å². The Bertz CT molecular complexity index is 372. The predicted molar refractivity (Wildman–Crippen MR) is 68.5 cm³/mol. The van der Waals surface area contributed by atoms with Crippen LogP contribution in [0, 0.1) is 0 Å². The monoisotopic (exact) mass is 286 g/mol. The lowest BCUT2D eigenvalue weighted by molar-refractivity contribution is 0.146. The third kappa shape index (κ3) is 2.55. The quantitative estimate of drug-likeness (QED) is 0.906. The summed E-state index contributed by atoms with van der Waals surface area (Å²) in [6.07, 6.45) is 1.44. The first kappa shape index (κ1) is 11.9. The highest BCUT2D eigenvalue weighted by Crippen LogP contribution is 2.29.